The zero-order chi connectivity index (χ0) is 25.2. The molecule has 0 bridgehead atoms. The van der Waals surface area contributed by atoms with Crippen molar-refractivity contribution in [2.24, 2.45) is 0 Å². The van der Waals surface area contributed by atoms with E-state index in [1.807, 2.05) is 54.8 Å². The number of imidazole rings is 1. The quantitative estimate of drug-likeness (QED) is 0.286. The number of alkyl halides is 3. The first-order valence-electron chi connectivity index (χ1n) is 11.2. The largest absolute Gasteiger partial charge is 0.493 e. The molecule has 8 heteroatoms. The molecule has 0 unspecified atom stereocenters. The summed E-state index contributed by atoms with van der Waals surface area (Å²) in [5.41, 5.74) is 3.29. The summed E-state index contributed by atoms with van der Waals surface area (Å²) in [6, 6.07) is 15.1. The van der Waals surface area contributed by atoms with E-state index in [0.717, 1.165) is 34.6 Å². The van der Waals surface area contributed by atoms with Crippen LogP contribution in [0.15, 0.2) is 54.6 Å². The molecule has 0 saturated heterocycles. The zero-order valence-corrected chi connectivity index (χ0v) is 20.1. The van der Waals surface area contributed by atoms with Crippen LogP contribution in [0.5, 0.6) is 17.2 Å². The monoisotopic (exact) mass is 484 g/mol. The van der Waals surface area contributed by atoms with Gasteiger partial charge < -0.3 is 18.8 Å². The molecule has 1 aromatic heterocycles. The molecule has 1 heterocycles. The van der Waals surface area contributed by atoms with Crippen LogP contribution in [0.4, 0.5) is 13.2 Å². The number of methoxy groups -OCH3 is 2. The molecule has 4 rings (SSSR count). The van der Waals surface area contributed by atoms with Crippen LogP contribution in [0.25, 0.3) is 11.0 Å². The Bertz CT molecular complexity index is 1350. The van der Waals surface area contributed by atoms with E-state index in [1.54, 1.807) is 14.2 Å². The lowest BCUT2D eigenvalue weighted by Crippen LogP contribution is -2.10. The Balaban J connectivity index is 1.67. The molecule has 0 atom stereocenters. The summed E-state index contributed by atoms with van der Waals surface area (Å²) < 4.78 is 58.5. The Labute approximate surface area is 202 Å². The van der Waals surface area contributed by atoms with Gasteiger partial charge in [0.2, 0.25) is 0 Å². The van der Waals surface area contributed by atoms with Gasteiger partial charge >= 0.3 is 6.18 Å². The zero-order valence-electron chi connectivity index (χ0n) is 20.1. The second kappa shape index (κ2) is 9.90. The van der Waals surface area contributed by atoms with Gasteiger partial charge in [-0.05, 0) is 73.4 Å². The van der Waals surface area contributed by atoms with E-state index in [1.165, 1.54) is 6.07 Å². The predicted octanol–water partition coefficient (Wildman–Crippen LogP) is 6.51. The molecule has 0 amide bonds. The van der Waals surface area contributed by atoms with Gasteiger partial charge in [0.1, 0.15) is 18.2 Å². The second-order valence-electron chi connectivity index (χ2n) is 8.31. The minimum absolute atomic E-state index is 0.131. The molecule has 184 valence electrons. The third-order valence-electron chi connectivity index (χ3n) is 6.14. The number of rotatable bonds is 8. The highest BCUT2D eigenvalue weighted by atomic mass is 19.4. The van der Waals surface area contributed by atoms with Crippen LogP contribution in [0.3, 0.4) is 0 Å². The number of nitrogens with zero attached hydrogens (tertiary/aromatic N) is 2. The fourth-order valence-electron chi connectivity index (χ4n) is 4.02. The first kappa shape index (κ1) is 24.4. The van der Waals surface area contributed by atoms with Gasteiger partial charge in [-0.15, -0.1) is 0 Å². The molecular weight excluding hydrogens is 457 g/mol. The third kappa shape index (κ3) is 5.21. The highest BCUT2D eigenvalue weighted by molar-refractivity contribution is 5.77. The molecule has 0 aliphatic carbocycles. The number of halogens is 3. The summed E-state index contributed by atoms with van der Waals surface area (Å²) in [5, 5.41) is 0. The smallest absolute Gasteiger partial charge is 0.416 e. The molecule has 4 aromatic rings. The number of benzene rings is 3. The molecule has 0 aliphatic heterocycles. The molecule has 0 radical (unpaired) electrons. The van der Waals surface area contributed by atoms with Gasteiger partial charge in [-0.3, -0.25) is 0 Å². The predicted molar refractivity (Wildman–Crippen MR) is 128 cm³/mol. The van der Waals surface area contributed by atoms with Crippen LogP contribution >= 0.6 is 0 Å². The topological polar surface area (TPSA) is 45.5 Å². The first-order valence-corrected chi connectivity index (χ1v) is 11.2. The number of hydrogen-bond acceptors (Lipinski definition) is 4. The van der Waals surface area contributed by atoms with Gasteiger partial charge in [-0.2, -0.15) is 13.2 Å². The fourth-order valence-corrected chi connectivity index (χ4v) is 4.02. The van der Waals surface area contributed by atoms with Crippen molar-refractivity contribution >= 4 is 11.0 Å². The summed E-state index contributed by atoms with van der Waals surface area (Å²) in [4.78, 5) is 4.52. The van der Waals surface area contributed by atoms with E-state index < -0.39 is 11.7 Å². The maximum absolute atomic E-state index is 13.3. The lowest BCUT2D eigenvalue weighted by atomic mass is 10.1. The van der Waals surface area contributed by atoms with Crippen molar-refractivity contribution in [1.82, 2.24) is 9.55 Å². The second-order valence-corrected chi connectivity index (χ2v) is 8.31. The fraction of sp³-hybridized carbons (Fsp3) is 0.296. The Hall–Kier alpha value is -3.68. The normalized spacial score (nSPS) is 11.6. The van der Waals surface area contributed by atoms with Crippen molar-refractivity contribution < 1.29 is 27.4 Å². The van der Waals surface area contributed by atoms with E-state index in [-0.39, 0.29) is 12.1 Å². The lowest BCUT2D eigenvalue weighted by Gasteiger charge is -2.14. The van der Waals surface area contributed by atoms with Crippen LogP contribution in [0.1, 0.15) is 28.1 Å². The van der Waals surface area contributed by atoms with Crippen molar-refractivity contribution in [2.45, 2.75) is 39.6 Å². The minimum atomic E-state index is -4.44. The molecule has 0 saturated carbocycles. The van der Waals surface area contributed by atoms with E-state index in [4.69, 9.17) is 14.2 Å². The van der Waals surface area contributed by atoms with E-state index in [2.05, 4.69) is 4.98 Å². The number of aryl methyl sites for hydroxylation is 3. The third-order valence-corrected chi connectivity index (χ3v) is 6.14. The maximum atomic E-state index is 13.3. The summed E-state index contributed by atoms with van der Waals surface area (Å²) >= 11 is 0. The van der Waals surface area contributed by atoms with Gasteiger partial charge in [-0.25, -0.2) is 4.98 Å². The number of ether oxygens (including phenoxy) is 3. The first-order chi connectivity index (χ1) is 16.7. The molecule has 3 aromatic carbocycles. The summed E-state index contributed by atoms with van der Waals surface area (Å²) in [7, 11) is 3.15. The van der Waals surface area contributed by atoms with Gasteiger partial charge in [0.15, 0.2) is 11.5 Å². The number of fused-ring (bicyclic) bond motifs is 1. The Morgan fingerprint density at radius 3 is 2.37 bits per heavy atom. The van der Waals surface area contributed by atoms with Gasteiger partial charge in [0.05, 0.1) is 30.8 Å². The minimum Gasteiger partial charge on any atom is -0.493 e. The van der Waals surface area contributed by atoms with Crippen molar-refractivity contribution in [3.8, 4) is 17.2 Å². The van der Waals surface area contributed by atoms with E-state index in [0.29, 0.717) is 35.8 Å². The molecule has 5 nitrogen and oxygen atoms in total. The summed E-state index contributed by atoms with van der Waals surface area (Å²) in [5.74, 6) is 2.53. The van der Waals surface area contributed by atoms with Crippen molar-refractivity contribution in [2.75, 3.05) is 14.2 Å². The Morgan fingerprint density at radius 2 is 1.66 bits per heavy atom. The average Bonchev–Trinajstić information content (AvgIpc) is 3.19. The van der Waals surface area contributed by atoms with Gasteiger partial charge in [0, 0.05) is 6.54 Å². The SMILES string of the molecule is COc1ccc(CCn2c(COc3cccc(C)c3C)nc3cc(C(F)(F)F)ccc32)cc1OC. The molecular formula is C27H27F3N2O3. The van der Waals surface area contributed by atoms with Crippen LogP contribution in [-0.4, -0.2) is 23.8 Å². The van der Waals surface area contributed by atoms with Gasteiger partial charge in [0.25, 0.3) is 0 Å². The van der Waals surface area contributed by atoms with Crippen LogP contribution in [0.2, 0.25) is 0 Å². The molecule has 0 fully saturated rings. The highest BCUT2D eigenvalue weighted by Gasteiger charge is 2.31. The summed E-state index contributed by atoms with van der Waals surface area (Å²) in [6.45, 7) is 4.61. The Morgan fingerprint density at radius 1 is 0.886 bits per heavy atom. The Kier molecular flexibility index (Phi) is 6.91. The van der Waals surface area contributed by atoms with Crippen LogP contribution < -0.4 is 14.2 Å². The van der Waals surface area contributed by atoms with Crippen LogP contribution in [-0.2, 0) is 25.7 Å². The number of aromatic nitrogens is 2. The van der Waals surface area contributed by atoms with Crippen molar-refractivity contribution in [1.29, 1.82) is 0 Å². The standard InChI is InChI=1S/C27H27F3N2O3/c1-17-6-5-7-23(18(17)2)35-16-26-31-21-15-20(27(28,29)30)9-10-22(21)32(26)13-12-19-8-11-24(33-3)25(14-19)34-4/h5-11,14-15H,12-13,16H2,1-4H3. The van der Waals surface area contributed by atoms with E-state index >= 15 is 0 Å². The maximum Gasteiger partial charge on any atom is 0.416 e. The summed E-state index contributed by atoms with van der Waals surface area (Å²) in [6.07, 6.45) is -3.82. The van der Waals surface area contributed by atoms with E-state index in [9.17, 15) is 13.2 Å². The number of hydrogen-bond donors (Lipinski definition) is 0. The molecule has 35 heavy (non-hydrogen) atoms. The van der Waals surface area contributed by atoms with Crippen molar-refractivity contribution in [3.63, 3.8) is 0 Å². The van der Waals surface area contributed by atoms with Gasteiger partial charge in [-0.1, -0.05) is 18.2 Å². The lowest BCUT2D eigenvalue weighted by molar-refractivity contribution is -0.137. The van der Waals surface area contributed by atoms with Crippen molar-refractivity contribution in [3.05, 3.63) is 82.7 Å². The molecule has 0 aliphatic rings. The molecule has 0 spiro atoms. The molecule has 0 N–H and O–H groups in total. The average molecular weight is 485 g/mol. The van der Waals surface area contributed by atoms with Crippen LogP contribution in [0, 0.1) is 13.8 Å². The highest BCUT2D eigenvalue weighted by Crippen LogP contribution is 2.32.